The summed E-state index contributed by atoms with van der Waals surface area (Å²) >= 11 is 2.14. The van der Waals surface area contributed by atoms with Crippen molar-refractivity contribution in [1.82, 2.24) is 10.2 Å². The molecule has 0 aromatic heterocycles. The number of hydrogen-bond acceptors (Lipinski definition) is 7. The Morgan fingerprint density at radius 3 is 2.49 bits per heavy atom. The number of halogens is 1. The molecule has 2 aromatic carbocycles. The number of nitrogens with zero attached hydrogens (tertiary/aromatic N) is 1. The molecular formula is C27H33IN2O7. The molecule has 0 saturated heterocycles. The highest BCUT2D eigenvalue weighted by Crippen LogP contribution is 2.30. The van der Waals surface area contributed by atoms with Crippen LogP contribution >= 0.6 is 22.6 Å². The van der Waals surface area contributed by atoms with E-state index in [-0.39, 0.29) is 44.5 Å². The average Bonchev–Trinajstić information content (AvgIpc) is 2.90. The summed E-state index contributed by atoms with van der Waals surface area (Å²) in [5, 5.41) is 23.2. The molecule has 37 heavy (non-hydrogen) atoms. The maximum atomic E-state index is 13.2. The molecule has 2 aromatic rings. The Hall–Kier alpha value is -2.67. The summed E-state index contributed by atoms with van der Waals surface area (Å²) in [5.74, 6) is 0.565. The lowest BCUT2D eigenvalue weighted by Crippen LogP contribution is -2.56. The Kier molecular flexibility index (Phi) is 11.2. The first-order valence-electron chi connectivity index (χ1n) is 12.0. The molecule has 3 rings (SSSR count). The number of carbonyl (C=O) groups is 2. The SMILES string of the molecule is COCC(=O)N(CCc1ccccc1OC)C1CC(C(=O)NCCO)=CC(Oc2ccccc2I)C1O. The first-order chi connectivity index (χ1) is 17.9. The number of carbonyl (C=O) groups excluding carboxylic acids is 2. The third kappa shape index (κ3) is 7.67. The predicted molar refractivity (Wildman–Crippen MR) is 146 cm³/mol. The topological polar surface area (TPSA) is 118 Å². The van der Waals surface area contributed by atoms with E-state index in [9.17, 15) is 14.7 Å². The van der Waals surface area contributed by atoms with Crippen LogP contribution in [-0.2, 0) is 20.7 Å². The van der Waals surface area contributed by atoms with Crippen LogP contribution in [-0.4, -0.2) is 85.7 Å². The van der Waals surface area contributed by atoms with Crippen molar-refractivity contribution >= 4 is 34.4 Å². The number of ether oxygens (including phenoxy) is 3. The quantitative estimate of drug-likeness (QED) is 0.309. The normalized spacial score (nSPS) is 19.1. The highest BCUT2D eigenvalue weighted by Gasteiger charge is 2.40. The van der Waals surface area contributed by atoms with Gasteiger partial charge in [-0.05, 0) is 58.9 Å². The summed E-state index contributed by atoms with van der Waals surface area (Å²) < 4.78 is 17.6. The molecule has 0 radical (unpaired) electrons. The van der Waals surface area contributed by atoms with E-state index >= 15 is 0 Å². The molecule has 0 spiro atoms. The fraction of sp³-hybridized carbons (Fsp3) is 0.407. The Bertz CT molecular complexity index is 1090. The Morgan fingerprint density at radius 1 is 1.11 bits per heavy atom. The van der Waals surface area contributed by atoms with Gasteiger partial charge in [0.1, 0.15) is 30.3 Å². The van der Waals surface area contributed by atoms with Gasteiger partial charge in [-0.15, -0.1) is 0 Å². The zero-order valence-electron chi connectivity index (χ0n) is 20.9. The highest BCUT2D eigenvalue weighted by atomic mass is 127. The zero-order valence-corrected chi connectivity index (χ0v) is 23.1. The molecule has 0 saturated carbocycles. The second kappa shape index (κ2) is 14.3. The minimum Gasteiger partial charge on any atom is -0.496 e. The van der Waals surface area contributed by atoms with Crippen molar-refractivity contribution in [1.29, 1.82) is 0 Å². The first kappa shape index (κ1) is 28.9. The van der Waals surface area contributed by atoms with E-state index in [0.717, 1.165) is 9.13 Å². The van der Waals surface area contributed by atoms with Gasteiger partial charge in [-0.3, -0.25) is 9.59 Å². The van der Waals surface area contributed by atoms with Gasteiger partial charge < -0.3 is 34.6 Å². The summed E-state index contributed by atoms with van der Waals surface area (Å²) in [6.07, 6.45) is 0.194. The fourth-order valence-corrected chi connectivity index (χ4v) is 4.81. The Labute approximate surface area is 230 Å². The molecule has 9 nitrogen and oxygen atoms in total. The van der Waals surface area contributed by atoms with E-state index in [1.54, 1.807) is 24.2 Å². The zero-order chi connectivity index (χ0) is 26.8. The lowest BCUT2D eigenvalue weighted by Gasteiger charge is -2.40. The van der Waals surface area contributed by atoms with Crippen LogP contribution in [0, 0.1) is 3.57 Å². The van der Waals surface area contributed by atoms with Gasteiger partial charge in [-0.1, -0.05) is 30.3 Å². The molecule has 1 aliphatic rings. The van der Waals surface area contributed by atoms with Gasteiger partial charge in [0.05, 0.1) is 23.3 Å². The Morgan fingerprint density at radius 2 is 1.81 bits per heavy atom. The summed E-state index contributed by atoms with van der Waals surface area (Å²) in [6, 6.07) is 14.2. The number of rotatable bonds is 12. The molecule has 0 aliphatic heterocycles. The number of aliphatic hydroxyl groups excluding tert-OH is 2. The van der Waals surface area contributed by atoms with Gasteiger partial charge in [0, 0.05) is 32.2 Å². The maximum Gasteiger partial charge on any atom is 0.248 e. The van der Waals surface area contributed by atoms with Crippen molar-refractivity contribution in [3.8, 4) is 11.5 Å². The van der Waals surface area contributed by atoms with Crippen LogP contribution in [0.25, 0.3) is 0 Å². The number of aliphatic hydroxyl groups is 2. The molecule has 1 aliphatic carbocycles. The monoisotopic (exact) mass is 624 g/mol. The van der Waals surface area contributed by atoms with Crippen LogP contribution in [0.2, 0.25) is 0 Å². The van der Waals surface area contributed by atoms with Crippen LogP contribution < -0.4 is 14.8 Å². The number of para-hydroxylation sites is 2. The van der Waals surface area contributed by atoms with Crippen LogP contribution in [0.15, 0.2) is 60.2 Å². The lowest BCUT2D eigenvalue weighted by molar-refractivity contribution is -0.142. The maximum absolute atomic E-state index is 13.2. The predicted octanol–water partition coefficient (Wildman–Crippen LogP) is 1.93. The standard InChI is InChI=1S/C27H33IN2O7/c1-35-17-25(32)30(13-11-18-7-3-5-9-22(18)36-2)21-15-19(27(34)29-12-14-31)16-24(26(21)33)37-23-10-6-4-8-20(23)28/h3-10,16,21,24,26,31,33H,11-15,17H2,1-2H3,(H,29,34). The second-order valence-corrected chi connectivity index (χ2v) is 9.69. The molecular weight excluding hydrogens is 591 g/mol. The largest absolute Gasteiger partial charge is 0.496 e. The van der Waals surface area contributed by atoms with E-state index in [0.29, 0.717) is 23.5 Å². The highest BCUT2D eigenvalue weighted by molar-refractivity contribution is 14.1. The van der Waals surface area contributed by atoms with Gasteiger partial charge in [0.2, 0.25) is 11.8 Å². The molecule has 3 atom stereocenters. The minimum absolute atomic E-state index is 0.0889. The summed E-state index contributed by atoms with van der Waals surface area (Å²) in [6.45, 7) is -0.0192. The number of amides is 2. The number of methoxy groups -OCH3 is 2. The summed E-state index contributed by atoms with van der Waals surface area (Å²) in [7, 11) is 3.02. The molecule has 3 unspecified atom stereocenters. The first-order valence-corrected chi connectivity index (χ1v) is 13.1. The van der Waals surface area contributed by atoms with E-state index in [1.165, 1.54) is 7.11 Å². The average molecular weight is 624 g/mol. The van der Waals surface area contributed by atoms with Crippen LogP contribution in [0.1, 0.15) is 12.0 Å². The van der Waals surface area contributed by atoms with Crippen molar-refractivity contribution in [2.24, 2.45) is 0 Å². The van der Waals surface area contributed by atoms with E-state index in [4.69, 9.17) is 19.3 Å². The van der Waals surface area contributed by atoms with E-state index in [1.807, 2.05) is 42.5 Å². The van der Waals surface area contributed by atoms with Gasteiger partial charge in [-0.2, -0.15) is 0 Å². The molecule has 0 heterocycles. The molecule has 10 heteroatoms. The molecule has 200 valence electrons. The van der Waals surface area contributed by atoms with Crippen molar-refractivity contribution in [2.45, 2.75) is 31.1 Å². The third-order valence-corrected chi connectivity index (χ3v) is 7.01. The van der Waals surface area contributed by atoms with Crippen molar-refractivity contribution in [3.63, 3.8) is 0 Å². The van der Waals surface area contributed by atoms with E-state index < -0.39 is 18.2 Å². The fourth-order valence-electron chi connectivity index (χ4n) is 4.30. The number of hydrogen-bond donors (Lipinski definition) is 3. The third-order valence-electron chi connectivity index (χ3n) is 6.12. The van der Waals surface area contributed by atoms with Crippen LogP contribution in [0.4, 0.5) is 0 Å². The molecule has 0 fully saturated rings. The van der Waals surface area contributed by atoms with Crippen molar-refractivity contribution in [3.05, 3.63) is 69.3 Å². The summed E-state index contributed by atoms with van der Waals surface area (Å²) in [5.41, 5.74) is 1.28. The van der Waals surface area contributed by atoms with Crippen LogP contribution in [0.3, 0.4) is 0 Å². The summed E-state index contributed by atoms with van der Waals surface area (Å²) in [4.78, 5) is 27.6. The second-order valence-electron chi connectivity index (χ2n) is 8.53. The molecule has 0 bridgehead atoms. The lowest BCUT2D eigenvalue weighted by atomic mass is 9.88. The van der Waals surface area contributed by atoms with Gasteiger partial charge in [0.15, 0.2) is 0 Å². The van der Waals surface area contributed by atoms with Crippen LogP contribution in [0.5, 0.6) is 11.5 Å². The molecule has 2 amide bonds. The Balaban J connectivity index is 1.93. The van der Waals surface area contributed by atoms with E-state index in [2.05, 4.69) is 27.9 Å². The van der Waals surface area contributed by atoms with Crippen molar-refractivity contribution in [2.75, 3.05) is 40.5 Å². The van der Waals surface area contributed by atoms with Gasteiger partial charge in [-0.25, -0.2) is 0 Å². The minimum atomic E-state index is -1.11. The smallest absolute Gasteiger partial charge is 0.248 e. The molecule has 3 N–H and O–H groups in total. The van der Waals surface area contributed by atoms with Gasteiger partial charge in [0.25, 0.3) is 0 Å². The number of benzene rings is 2. The van der Waals surface area contributed by atoms with Crippen molar-refractivity contribution < 1.29 is 34.0 Å². The van der Waals surface area contributed by atoms with Gasteiger partial charge >= 0.3 is 0 Å². The number of nitrogens with one attached hydrogen (secondary N) is 1.